The van der Waals surface area contributed by atoms with Gasteiger partial charge in [-0.05, 0) is 31.0 Å². The van der Waals surface area contributed by atoms with Gasteiger partial charge in [0, 0.05) is 18.0 Å². The first-order valence-corrected chi connectivity index (χ1v) is 6.29. The van der Waals surface area contributed by atoms with Gasteiger partial charge >= 0.3 is 0 Å². The maximum absolute atomic E-state index is 9.34. The Morgan fingerprint density at radius 1 is 1.26 bits per heavy atom. The molecule has 0 atom stereocenters. The zero-order chi connectivity index (χ0) is 13.8. The lowest BCUT2D eigenvalue weighted by Crippen LogP contribution is -1.90. The lowest BCUT2D eigenvalue weighted by atomic mass is 10.0. The zero-order valence-electron chi connectivity index (χ0n) is 10.8. The highest BCUT2D eigenvalue weighted by molar-refractivity contribution is 6.53. The Bertz CT molecular complexity index is 667. The molecule has 1 heterocycles. The summed E-state index contributed by atoms with van der Waals surface area (Å²) in [5, 5.41) is 9.80. The molecule has 94 valence electrons. The molecular formula is C16H13ClN2. The van der Waals surface area contributed by atoms with E-state index in [1.807, 2.05) is 32.0 Å². The van der Waals surface area contributed by atoms with Gasteiger partial charge in [-0.2, -0.15) is 5.26 Å². The van der Waals surface area contributed by atoms with Crippen LogP contribution in [0, 0.1) is 25.2 Å². The highest BCUT2D eigenvalue weighted by Gasteiger charge is 2.11. The molecule has 0 radical (unpaired) electrons. The number of aromatic nitrogens is 1. The average molecular weight is 269 g/mol. The van der Waals surface area contributed by atoms with Crippen LogP contribution in [-0.2, 0) is 0 Å². The molecular weight excluding hydrogens is 256 g/mol. The molecule has 3 heteroatoms. The SMILES string of the molecule is Cc1ccc(/C(Cl)=C(/C#N)c2cccnc2)c(C)c1. The predicted molar refractivity (Wildman–Crippen MR) is 78.4 cm³/mol. The van der Waals surface area contributed by atoms with Crippen LogP contribution in [0.2, 0.25) is 0 Å². The van der Waals surface area contributed by atoms with Crippen molar-refractivity contribution < 1.29 is 0 Å². The van der Waals surface area contributed by atoms with Gasteiger partial charge in [0.15, 0.2) is 0 Å². The molecule has 0 aliphatic rings. The predicted octanol–water partition coefficient (Wildman–Crippen LogP) is 4.33. The molecule has 0 spiro atoms. The number of rotatable bonds is 2. The average Bonchev–Trinajstić information content (AvgIpc) is 2.40. The van der Waals surface area contributed by atoms with E-state index >= 15 is 0 Å². The number of nitriles is 1. The molecule has 0 unspecified atom stereocenters. The van der Waals surface area contributed by atoms with Gasteiger partial charge < -0.3 is 0 Å². The van der Waals surface area contributed by atoms with Gasteiger partial charge in [0.05, 0.1) is 10.6 Å². The molecule has 1 aromatic heterocycles. The first-order valence-electron chi connectivity index (χ1n) is 5.91. The van der Waals surface area contributed by atoms with Gasteiger partial charge in [0.1, 0.15) is 6.07 Å². The summed E-state index contributed by atoms with van der Waals surface area (Å²) in [7, 11) is 0. The molecule has 0 amide bonds. The Morgan fingerprint density at radius 2 is 2.05 bits per heavy atom. The van der Waals surface area contributed by atoms with Gasteiger partial charge in [0.2, 0.25) is 0 Å². The number of benzene rings is 1. The standard InChI is InChI=1S/C16H13ClN2/c1-11-5-6-14(12(2)8-11)16(17)15(9-18)13-4-3-7-19-10-13/h3-8,10H,1-2H3/b16-15+. The van der Waals surface area contributed by atoms with Crippen LogP contribution in [0.1, 0.15) is 22.3 Å². The zero-order valence-corrected chi connectivity index (χ0v) is 11.6. The summed E-state index contributed by atoms with van der Waals surface area (Å²) >= 11 is 6.39. The van der Waals surface area contributed by atoms with Gasteiger partial charge in [-0.1, -0.05) is 41.4 Å². The van der Waals surface area contributed by atoms with Crippen LogP contribution >= 0.6 is 11.6 Å². The van der Waals surface area contributed by atoms with Crippen LogP contribution < -0.4 is 0 Å². The Balaban J connectivity index is 2.59. The highest BCUT2D eigenvalue weighted by atomic mass is 35.5. The van der Waals surface area contributed by atoms with E-state index in [2.05, 4.69) is 17.1 Å². The second-order valence-corrected chi connectivity index (χ2v) is 4.74. The summed E-state index contributed by atoms with van der Waals surface area (Å²) in [6, 6.07) is 11.8. The van der Waals surface area contributed by atoms with E-state index in [0.717, 1.165) is 16.7 Å². The molecule has 1 aromatic carbocycles. The van der Waals surface area contributed by atoms with Gasteiger partial charge in [0.25, 0.3) is 0 Å². The summed E-state index contributed by atoms with van der Waals surface area (Å²) in [4.78, 5) is 4.02. The van der Waals surface area contributed by atoms with Crippen LogP contribution in [0.3, 0.4) is 0 Å². The van der Waals surface area contributed by atoms with Crippen molar-refractivity contribution in [3.05, 3.63) is 65.0 Å². The normalized spacial score (nSPS) is 11.7. The van der Waals surface area contributed by atoms with E-state index in [1.165, 1.54) is 5.56 Å². The minimum Gasteiger partial charge on any atom is -0.264 e. The van der Waals surface area contributed by atoms with Gasteiger partial charge in [-0.25, -0.2) is 0 Å². The summed E-state index contributed by atoms with van der Waals surface area (Å²) in [6.45, 7) is 4.02. The minimum atomic E-state index is 0.446. The fourth-order valence-corrected chi connectivity index (χ4v) is 2.31. The third kappa shape index (κ3) is 2.83. The number of aryl methyl sites for hydroxylation is 2. The topological polar surface area (TPSA) is 36.7 Å². The van der Waals surface area contributed by atoms with Crippen molar-refractivity contribution in [2.45, 2.75) is 13.8 Å². The Morgan fingerprint density at radius 3 is 2.63 bits per heavy atom. The van der Waals surface area contributed by atoms with Crippen molar-refractivity contribution in [2.75, 3.05) is 0 Å². The number of nitrogens with zero attached hydrogens (tertiary/aromatic N) is 2. The molecule has 0 bridgehead atoms. The van der Waals surface area contributed by atoms with E-state index in [9.17, 15) is 5.26 Å². The van der Waals surface area contributed by atoms with E-state index in [4.69, 9.17) is 11.6 Å². The second kappa shape index (κ2) is 5.69. The number of allylic oxidation sites excluding steroid dienone is 1. The maximum atomic E-state index is 9.34. The second-order valence-electron chi connectivity index (χ2n) is 4.36. The van der Waals surface area contributed by atoms with E-state index < -0.39 is 0 Å². The first-order chi connectivity index (χ1) is 9.13. The van der Waals surface area contributed by atoms with Gasteiger partial charge in [-0.15, -0.1) is 0 Å². The molecule has 19 heavy (non-hydrogen) atoms. The highest BCUT2D eigenvalue weighted by Crippen LogP contribution is 2.31. The monoisotopic (exact) mass is 268 g/mol. The number of halogens is 1. The number of hydrogen-bond acceptors (Lipinski definition) is 2. The summed E-state index contributed by atoms with van der Waals surface area (Å²) in [5.74, 6) is 0. The van der Waals surface area contributed by atoms with Crippen LogP contribution in [0.25, 0.3) is 10.6 Å². The molecule has 2 rings (SSSR count). The smallest absolute Gasteiger partial charge is 0.101 e. The molecule has 2 aromatic rings. The molecule has 0 fully saturated rings. The van der Waals surface area contributed by atoms with Crippen molar-refractivity contribution in [3.63, 3.8) is 0 Å². The number of hydrogen-bond donors (Lipinski definition) is 0. The lowest BCUT2D eigenvalue weighted by Gasteiger charge is -2.08. The molecule has 0 aliphatic heterocycles. The molecule has 0 N–H and O–H groups in total. The van der Waals surface area contributed by atoms with Gasteiger partial charge in [-0.3, -0.25) is 4.98 Å². The van der Waals surface area contributed by atoms with Crippen LogP contribution in [0.4, 0.5) is 0 Å². The third-order valence-corrected chi connectivity index (χ3v) is 3.29. The van der Waals surface area contributed by atoms with E-state index in [0.29, 0.717) is 10.6 Å². The van der Waals surface area contributed by atoms with Crippen molar-refractivity contribution in [2.24, 2.45) is 0 Å². The fourth-order valence-electron chi connectivity index (χ4n) is 1.95. The summed E-state index contributed by atoms with van der Waals surface area (Å²) in [6.07, 6.45) is 3.31. The largest absolute Gasteiger partial charge is 0.264 e. The summed E-state index contributed by atoms with van der Waals surface area (Å²) in [5.41, 5.74) is 4.29. The van der Waals surface area contributed by atoms with Crippen LogP contribution in [-0.4, -0.2) is 4.98 Å². The summed E-state index contributed by atoms with van der Waals surface area (Å²) < 4.78 is 0. The Labute approximate surface area is 118 Å². The molecule has 0 aliphatic carbocycles. The Kier molecular flexibility index (Phi) is 3.99. The van der Waals surface area contributed by atoms with E-state index in [1.54, 1.807) is 18.5 Å². The molecule has 0 saturated carbocycles. The Hall–Kier alpha value is -2.11. The van der Waals surface area contributed by atoms with Crippen molar-refractivity contribution in [1.29, 1.82) is 5.26 Å². The maximum Gasteiger partial charge on any atom is 0.101 e. The van der Waals surface area contributed by atoms with E-state index in [-0.39, 0.29) is 0 Å². The van der Waals surface area contributed by atoms with Crippen LogP contribution in [0.15, 0.2) is 42.7 Å². The third-order valence-electron chi connectivity index (χ3n) is 2.90. The van der Waals surface area contributed by atoms with Crippen molar-refractivity contribution in [3.8, 4) is 6.07 Å². The van der Waals surface area contributed by atoms with Crippen molar-refractivity contribution in [1.82, 2.24) is 4.98 Å². The minimum absolute atomic E-state index is 0.446. The first kappa shape index (κ1) is 13.3. The molecule has 2 nitrogen and oxygen atoms in total. The quantitative estimate of drug-likeness (QED) is 0.760. The van der Waals surface area contributed by atoms with Crippen molar-refractivity contribution >= 4 is 22.2 Å². The van der Waals surface area contributed by atoms with Crippen LogP contribution in [0.5, 0.6) is 0 Å². The fraction of sp³-hybridized carbons (Fsp3) is 0.125. The number of pyridine rings is 1. The lowest BCUT2D eigenvalue weighted by molar-refractivity contribution is 1.31. The molecule has 0 saturated heterocycles.